The van der Waals surface area contributed by atoms with Gasteiger partial charge in [0.2, 0.25) is 10.0 Å². The lowest BCUT2D eigenvalue weighted by atomic mass is 10.2. The molecule has 156 valence electrons. The molecule has 2 aliphatic heterocycles. The zero-order valence-electron chi connectivity index (χ0n) is 16.4. The summed E-state index contributed by atoms with van der Waals surface area (Å²) in [7, 11) is -1.89. The van der Waals surface area contributed by atoms with E-state index in [1.54, 1.807) is 29.9 Å². The largest absolute Gasteiger partial charge is 0.369 e. The molecule has 0 spiro atoms. The molecule has 0 N–H and O–H groups in total. The number of carbonyl (C=O) groups excluding carboxylic acids is 1. The second-order valence-corrected chi connectivity index (χ2v) is 9.53. The highest BCUT2D eigenvalue weighted by molar-refractivity contribution is 7.89. The Hall–Kier alpha value is -2.23. The Morgan fingerprint density at radius 3 is 2.38 bits per heavy atom. The Bertz CT molecular complexity index is 995. The van der Waals surface area contributed by atoms with Crippen molar-refractivity contribution in [3.8, 4) is 0 Å². The Kier molecular flexibility index (Phi) is 5.46. The van der Waals surface area contributed by atoms with Gasteiger partial charge in [0.25, 0.3) is 0 Å². The van der Waals surface area contributed by atoms with Crippen LogP contribution in [-0.2, 0) is 17.1 Å². The van der Waals surface area contributed by atoms with Gasteiger partial charge in [-0.2, -0.15) is 4.31 Å². The number of nitrogens with zero attached hydrogens (tertiary/aromatic N) is 4. The lowest BCUT2D eigenvalue weighted by molar-refractivity contribution is 0.0954. The van der Waals surface area contributed by atoms with Gasteiger partial charge in [-0.15, -0.1) is 0 Å². The van der Waals surface area contributed by atoms with E-state index in [2.05, 4.69) is 9.80 Å². The van der Waals surface area contributed by atoms with Crippen molar-refractivity contribution >= 4 is 21.5 Å². The third-order valence-corrected chi connectivity index (χ3v) is 7.48. The molecule has 1 aromatic carbocycles. The number of hydrogen-bond donors (Lipinski definition) is 0. The van der Waals surface area contributed by atoms with Gasteiger partial charge in [0.1, 0.15) is 10.7 Å². The number of halogens is 1. The molecule has 0 saturated carbocycles. The zero-order valence-corrected chi connectivity index (χ0v) is 17.2. The number of sulfonamides is 1. The van der Waals surface area contributed by atoms with Crippen LogP contribution in [0.5, 0.6) is 0 Å². The lowest BCUT2D eigenvalue weighted by Crippen LogP contribution is -2.47. The molecule has 1 saturated heterocycles. The van der Waals surface area contributed by atoms with E-state index in [1.165, 1.54) is 22.6 Å². The summed E-state index contributed by atoms with van der Waals surface area (Å²) in [4.78, 5) is 16.9. The summed E-state index contributed by atoms with van der Waals surface area (Å²) in [5.74, 6) is -0.385. The average Bonchev–Trinajstić information content (AvgIpc) is 3.11. The number of benzene rings is 1. The quantitative estimate of drug-likeness (QED) is 0.735. The van der Waals surface area contributed by atoms with Crippen LogP contribution in [0, 0.1) is 5.82 Å². The molecule has 7 nitrogen and oxygen atoms in total. The Labute approximate surface area is 170 Å². The highest BCUT2D eigenvalue weighted by Gasteiger charge is 2.37. The maximum absolute atomic E-state index is 13.1. The number of hydrogen-bond acceptors (Lipinski definition) is 5. The fourth-order valence-electron chi connectivity index (χ4n) is 3.99. The van der Waals surface area contributed by atoms with Crippen molar-refractivity contribution in [2.75, 3.05) is 50.7 Å². The maximum Gasteiger partial charge on any atom is 0.245 e. The molecular weight excluding hydrogens is 395 g/mol. The van der Waals surface area contributed by atoms with Crippen molar-refractivity contribution < 1.29 is 17.6 Å². The fraction of sp³-hybridized carbons (Fsp3) is 0.450. The van der Waals surface area contributed by atoms with Crippen LogP contribution in [0.25, 0.3) is 0 Å². The van der Waals surface area contributed by atoms with Crippen LogP contribution in [0.2, 0.25) is 0 Å². The van der Waals surface area contributed by atoms with Gasteiger partial charge in [-0.25, -0.2) is 12.8 Å². The molecule has 1 fully saturated rings. The maximum atomic E-state index is 13.1. The Balaban J connectivity index is 1.29. The number of aromatic nitrogens is 1. The van der Waals surface area contributed by atoms with E-state index in [1.807, 2.05) is 0 Å². The molecule has 0 radical (unpaired) electrons. The van der Waals surface area contributed by atoms with Crippen LogP contribution >= 0.6 is 0 Å². The zero-order chi connectivity index (χ0) is 20.6. The molecule has 2 aliphatic rings. The van der Waals surface area contributed by atoms with Crippen LogP contribution in [0.1, 0.15) is 16.8 Å². The van der Waals surface area contributed by atoms with E-state index >= 15 is 0 Å². The van der Waals surface area contributed by atoms with E-state index in [9.17, 15) is 17.6 Å². The molecule has 9 heteroatoms. The molecule has 1 aromatic heterocycles. The van der Waals surface area contributed by atoms with Gasteiger partial charge >= 0.3 is 0 Å². The molecule has 29 heavy (non-hydrogen) atoms. The molecule has 0 bridgehead atoms. The smallest absolute Gasteiger partial charge is 0.245 e. The van der Waals surface area contributed by atoms with Crippen molar-refractivity contribution in [2.24, 2.45) is 7.05 Å². The number of Topliss-reactive ketones (excluding diaryl/α,β-unsaturated/α-hetero) is 1. The van der Waals surface area contributed by atoms with E-state index < -0.39 is 10.0 Å². The first-order valence-corrected chi connectivity index (χ1v) is 11.2. The summed E-state index contributed by atoms with van der Waals surface area (Å²) in [5.41, 5.74) is 1.31. The predicted octanol–water partition coefficient (Wildman–Crippen LogP) is 1.56. The summed E-state index contributed by atoms with van der Waals surface area (Å²) in [6, 6.07) is 6.53. The van der Waals surface area contributed by atoms with E-state index in [0.29, 0.717) is 18.5 Å². The monoisotopic (exact) mass is 420 g/mol. The van der Waals surface area contributed by atoms with Crippen molar-refractivity contribution in [1.82, 2.24) is 13.8 Å². The van der Waals surface area contributed by atoms with Gasteiger partial charge in [0.15, 0.2) is 5.78 Å². The molecule has 4 rings (SSSR count). The van der Waals surface area contributed by atoms with Crippen molar-refractivity contribution in [1.29, 1.82) is 0 Å². The minimum absolute atomic E-state index is 0.0856. The topological polar surface area (TPSA) is 65.9 Å². The fourth-order valence-corrected chi connectivity index (χ4v) is 5.67. The number of carbonyl (C=O) groups is 1. The van der Waals surface area contributed by atoms with Crippen LogP contribution in [-0.4, -0.2) is 73.8 Å². The first-order chi connectivity index (χ1) is 13.8. The molecule has 2 aromatic rings. The first-order valence-electron chi connectivity index (χ1n) is 9.77. The van der Waals surface area contributed by atoms with E-state index in [0.717, 1.165) is 38.4 Å². The van der Waals surface area contributed by atoms with Crippen molar-refractivity contribution in [2.45, 2.75) is 11.3 Å². The average molecular weight is 421 g/mol. The Morgan fingerprint density at radius 2 is 1.69 bits per heavy atom. The summed E-state index contributed by atoms with van der Waals surface area (Å²) in [6.07, 6.45) is 3.75. The number of rotatable bonds is 5. The van der Waals surface area contributed by atoms with E-state index in [4.69, 9.17) is 0 Å². The highest BCUT2D eigenvalue weighted by atomic mass is 32.2. The van der Waals surface area contributed by atoms with Gasteiger partial charge < -0.3 is 9.47 Å². The standard InChI is InChI=1S/C20H25FN4O3S/c1-22-13-18-19(26)14-25(29(27,28)20(18)15-22)8-2-7-23-9-11-24(12-10-23)17-5-3-16(21)4-6-17/h3-6,13,15H,2,7-12,14H2,1H3. The van der Waals surface area contributed by atoms with Gasteiger partial charge in [0, 0.05) is 57.9 Å². The number of anilines is 1. The van der Waals surface area contributed by atoms with E-state index in [-0.39, 0.29) is 23.0 Å². The third kappa shape index (κ3) is 4.08. The molecule has 0 unspecified atom stereocenters. The number of fused-ring (bicyclic) bond motifs is 1. The van der Waals surface area contributed by atoms with Crippen LogP contribution in [0.4, 0.5) is 10.1 Å². The minimum atomic E-state index is -3.61. The molecule has 0 atom stereocenters. The van der Waals surface area contributed by atoms with Crippen molar-refractivity contribution in [3.05, 3.63) is 48.0 Å². The third-order valence-electron chi connectivity index (χ3n) is 5.60. The lowest BCUT2D eigenvalue weighted by Gasteiger charge is -2.36. The van der Waals surface area contributed by atoms with Gasteiger partial charge in [-0.3, -0.25) is 9.69 Å². The normalized spacial score (nSPS) is 20.1. The predicted molar refractivity (Wildman–Crippen MR) is 108 cm³/mol. The second kappa shape index (κ2) is 7.89. The SMILES string of the molecule is Cn1cc2c(c1)S(=O)(=O)N(CCCN1CCN(c3ccc(F)cc3)CC1)CC2=O. The van der Waals surface area contributed by atoms with Crippen molar-refractivity contribution in [3.63, 3.8) is 0 Å². The summed E-state index contributed by atoms with van der Waals surface area (Å²) < 4.78 is 41.6. The summed E-state index contributed by atoms with van der Waals surface area (Å²) >= 11 is 0. The van der Waals surface area contributed by atoms with Crippen LogP contribution in [0.3, 0.4) is 0 Å². The molecule has 0 amide bonds. The number of aryl methyl sites for hydroxylation is 1. The summed E-state index contributed by atoms with van der Waals surface area (Å²) in [6.45, 7) is 4.45. The molecule has 0 aliphatic carbocycles. The Morgan fingerprint density at radius 1 is 1.00 bits per heavy atom. The number of ketones is 1. The van der Waals surface area contributed by atoms with Crippen LogP contribution in [0.15, 0.2) is 41.6 Å². The minimum Gasteiger partial charge on any atom is -0.369 e. The molecular formula is C20H25FN4O3S. The van der Waals surface area contributed by atoms with Gasteiger partial charge in [-0.1, -0.05) is 0 Å². The molecule has 3 heterocycles. The van der Waals surface area contributed by atoms with Gasteiger partial charge in [0.05, 0.1) is 12.1 Å². The first kappa shape index (κ1) is 20.1. The summed E-state index contributed by atoms with van der Waals surface area (Å²) in [5, 5.41) is 0. The number of piperazine rings is 1. The van der Waals surface area contributed by atoms with Gasteiger partial charge in [-0.05, 0) is 37.2 Å². The second-order valence-electron chi connectivity index (χ2n) is 7.62. The highest BCUT2D eigenvalue weighted by Crippen LogP contribution is 2.27. The van der Waals surface area contributed by atoms with Crippen LogP contribution < -0.4 is 4.90 Å².